The first-order chi connectivity index (χ1) is 21.8. The van der Waals surface area contributed by atoms with Crippen molar-refractivity contribution in [2.75, 3.05) is 19.8 Å². The largest absolute Gasteiger partial charge is 0.462 e. The Balaban J connectivity index is 4.79. The Morgan fingerprint density at radius 2 is 1.07 bits per heavy atom. The minimum Gasteiger partial charge on any atom is -0.462 e. The number of carbonyl (C=O) groups is 5. The van der Waals surface area contributed by atoms with Crippen LogP contribution in [0.5, 0.6) is 0 Å². The van der Waals surface area contributed by atoms with Gasteiger partial charge in [0.25, 0.3) is 0 Å². The molecule has 0 aromatic heterocycles. The van der Waals surface area contributed by atoms with Gasteiger partial charge in [-0.15, -0.1) is 0 Å². The Labute approximate surface area is 279 Å². The summed E-state index contributed by atoms with van der Waals surface area (Å²) in [6.45, 7) is 13.2. The van der Waals surface area contributed by atoms with E-state index in [1.165, 1.54) is 39.0 Å². The molecule has 0 aromatic rings. The van der Waals surface area contributed by atoms with E-state index in [2.05, 4.69) is 19.2 Å². The monoisotopic (exact) mass is 654 g/mol. The minimum absolute atomic E-state index is 0.0131. The molecule has 10 nitrogen and oxygen atoms in total. The summed E-state index contributed by atoms with van der Waals surface area (Å²) in [6.07, 6.45) is 14.5. The number of esters is 3. The van der Waals surface area contributed by atoms with Crippen molar-refractivity contribution in [1.29, 1.82) is 0 Å². The fraction of sp³-hybridized carbons (Fsp3) is 0.861. The van der Waals surface area contributed by atoms with Gasteiger partial charge in [-0.3, -0.25) is 24.0 Å². The Bertz CT molecular complexity index is 874. The highest BCUT2D eigenvalue weighted by molar-refractivity contribution is 5.82. The fourth-order valence-corrected chi connectivity index (χ4v) is 5.11. The molecule has 1 unspecified atom stereocenters. The SMILES string of the molecule is CCCCCCCCCCC(=O)OC(COC(=O)CCCCCCCC)COC(=O)CCC(=O)NC(C)(C)CN(C(C)=O)C(C)C. The van der Waals surface area contributed by atoms with Crippen LogP contribution in [-0.4, -0.2) is 72.1 Å². The maximum absolute atomic E-state index is 12.6. The second-order valence-electron chi connectivity index (χ2n) is 13.4. The average molecular weight is 655 g/mol. The highest BCUT2D eigenvalue weighted by Gasteiger charge is 2.27. The van der Waals surface area contributed by atoms with Gasteiger partial charge in [0.15, 0.2) is 6.10 Å². The third-order valence-electron chi connectivity index (χ3n) is 7.75. The predicted octanol–water partition coefficient (Wildman–Crippen LogP) is 7.20. The van der Waals surface area contributed by atoms with Gasteiger partial charge in [-0.1, -0.05) is 90.9 Å². The fourth-order valence-electron chi connectivity index (χ4n) is 5.11. The number of carbonyl (C=O) groups excluding carboxylic acids is 5. The third-order valence-corrected chi connectivity index (χ3v) is 7.75. The van der Waals surface area contributed by atoms with Crippen LogP contribution < -0.4 is 5.32 Å². The van der Waals surface area contributed by atoms with Gasteiger partial charge in [0, 0.05) is 38.8 Å². The van der Waals surface area contributed by atoms with Crippen molar-refractivity contribution in [3.05, 3.63) is 0 Å². The number of nitrogens with zero attached hydrogens (tertiary/aromatic N) is 1. The number of nitrogens with one attached hydrogen (secondary N) is 1. The van der Waals surface area contributed by atoms with Gasteiger partial charge in [0.2, 0.25) is 11.8 Å². The van der Waals surface area contributed by atoms with Gasteiger partial charge in [0.05, 0.1) is 12.0 Å². The normalized spacial score (nSPS) is 12.0. The lowest BCUT2D eigenvalue weighted by molar-refractivity contribution is -0.167. The molecule has 0 aromatic carbocycles. The molecule has 46 heavy (non-hydrogen) atoms. The Hall–Kier alpha value is -2.65. The second-order valence-corrected chi connectivity index (χ2v) is 13.4. The van der Waals surface area contributed by atoms with E-state index in [1.807, 2.05) is 27.7 Å². The van der Waals surface area contributed by atoms with E-state index >= 15 is 0 Å². The van der Waals surface area contributed by atoms with Crippen LogP contribution in [0.15, 0.2) is 0 Å². The van der Waals surface area contributed by atoms with Crippen LogP contribution in [0.1, 0.15) is 164 Å². The number of hydrogen-bond acceptors (Lipinski definition) is 8. The standard InChI is InChI=1S/C36H66N2O8/c1-8-10-12-14-16-17-19-21-23-35(43)46-31(26-44-33(41)22-20-18-15-13-11-9-2)27-45-34(42)25-24-32(40)37-36(6,7)28-38(29(3)4)30(5)39/h29,31H,8-28H2,1-7H3,(H,37,40). The Morgan fingerprint density at radius 3 is 1.52 bits per heavy atom. The summed E-state index contributed by atoms with van der Waals surface area (Å²) in [5.74, 6) is -1.83. The maximum Gasteiger partial charge on any atom is 0.306 e. The second kappa shape index (κ2) is 26.4. The number of ether oxygens (including phenoxy) is 3. The van der Waals surface area contributed by atoms with Crippen molar-refractivity contribution in [3.63, 3.8) is 0 Å². The zero-order valence-electron chi connectivity index (χ0n) is 30.2. The Morgan fingerprint density at radius 1 is 0.630 bits per heavy atom. The molecule has 0 heterocycles. The summed E-state index contributed by atoms with van der Waals surface area (Å²) in [6, 6.07) is -0.0131. The lowest BCUT2D eigenvalue weighted by Crippen LogP contribution is -2.54. The van der Waals surface area contributed by atoms with Crippen LogP contribution in [0.2, 0.25) is 0 Å². The highest BCUT2D eigenvalue weighted by atomic mass is 16.6. The molecule has 0 aliphatic carbocycles. The van der Waals surface area contributed by atoms with E-state index in [0.717, 1.165) is 51.4 Å². The summed E-state index contributed by atoms with van der Waals surface area (Å²) >= 11 is 0. The van der Waals surface area contributed by atoms with Crippen LogP contribution in [0.3, 0.4) is 0 Å². The number of unbranched alkanes of at least 4 members (excludes halogenated alkanes) is 12. The summed E-state index contributed by atoms with van der Waals surface area (Å²) in [7, 11) is 0. The lowest BCUT2D eigenvalue weighted by Gasteiger charge is -2.35. The van der Waals surface area contributed by atoms with E-state index in [0.29, 0.717) is 13.0 Å². The molecule has 0 rings (SSSR count). The summed E-state index contributed by atoms with van der Waals surface area (Å²) < 4.78 is 16.2. The van der Waals surface area contributed by atoms with Crippen molar-refractivity contribution < 1.29 is 38.2 Å². The zero-order valence-corrected chi connectivity index (χ0v) is 30.2. The topological polar surface area (TPSA) is 128 Å². The molecule has 0 radical (unpaired) electrons. The molecule has 0 aliphatic heterocycles. The number of amides is 2. The van der Waals surface area contributed by atoms with Crippen LogP contribution in [0.25, 0.3) is 0 Å². The van der Waals surface area contributed by atoms with Gasteiger partial charge in [-0.05, 0) is 40.5 Å². The van der Waals surface area contributed by atoms with Crippen LogP contribution in [0, 0.1) is 0 Å². The van der Waals surface area contributed by atoms with E-state index in [-0.39, 0.29) is 62.7 Å². The van der Waals surface area contributed by atoms with E-state index in [9.17, 15) is 24.0 Å². The molecule has 0 bridgehead atoms. The molecule has 2 amide bonds. The molecule has 268 valence electrons. The first-order valence-corrected chi connectivity index (χ1v) is 17.9. The predicted molar refractivity (Wildman–Crippen MR) is 181 cm³/mol. The van der Waals surface area contributed by atoms with E-state index < -0.39 is 23.6 Å². The molecular weight excluding hydrogens is 588 g/mol. The molecular formula is C36H66N2O8. The summed E-state index contributed by atoms with van der Waals surface area (Å²) in [5, 5.41) is 2.88. The van der Waals surface area contributed by atoms with Gasteiger partial charge in [0.1, 0.15) is 13.2 Å². The van der Waals surface area contributed by atoms with Crippen molar-refractivity contribution in [2.24, 2.45) is 0 Å². The molecule has 0 fully saturated rings. The van der Waals surface area contributed by atoms with Gasteiger partial charge in [-0.2, -0.15) is 0 Å². The van der Waals surface area contributed by atoms with Crippen molar-refractivity contribution in [2.45, 2.75) is 182 Å². The zero-order chi connectivity index (χ0) is 34.8. The molecule has 1 N–H and O–H groups in total. The molecule has 1 atom stereocenters. The third kappa shape index (κ3) is 24.6. The summed E-state index contributed by atoms with van der Waals surface area (Å²) in [4.78, 5) is 63.5. The summed E-state index contributed by atoms with van der Waals surface area (Å²) in [5.41, 5.74) is -0.690. The van der Waals surface area contributed by atoms with Gasteiger partial charge in [-0.25, -0.2) is 0 Å². The smallest absolute Gasteiger partial charge is 0.306 e. The van der Waals surface area contributed by atoms with Crippen molar-refractivity contribution >= 4 is 29.7 Å². The molecule has 0 spiro atoms. The maximum atomic E-state index is 12.6. The Kier molecular flexibility index (Phi) is 24.9. The number of rotatable bonds is 28. The van der Waals surface area contributed by atoms with E-state index in [1.54, 1.807) is 4.90 Å². The lowest BCUT2D eigenvalue weighted by atomic mass is 10.0. The molecule has 0 saturated carbocycles. The van der Waals surface area contributed by atoms with Crippen LogP contribution in [-0.2, 0) is 38.2 Å². The molecule has 0 saturated heterocycles. The molecule has 0 aliphatic rings. The highest BCUT2D eigenvalue weighted by Crippen LogP contribution is 2.13. The van der Waals surface area contributed by atoms with Crippen LogP contribution >= 0.6 is 0 Å². The van der Waals surface area contributed by atoms with Gasteiger partial charge < -0.3 is 24.4 Å². The van der Waals surface area contributed by atoms with Crippen molar-refractivity contribution in [1.82, 2.24) is 10.2 Å². The average Bonchev–Trinajstić information content (AvgIpc) is 2.98. The van der Waals surface area contributed by atoms with Crippen molar-refractivity contribution in [3.8, 4) is 0 Å². The first kappa shape index (κ1) is 43.4. The first-order valence-electron chi connectivity index (χ1n) is 17.9. The van der Waals surface area contributed by atoms with E-state index in [4.69, 9.17) is 14.2 Å². The minimum atomic E-state index is -0.916. The van der Waals surface area contributed by atoms with Crippen LogP contribution in [0.4, 0.5) is 0 Å². The quantitative estimate of drug-likeness (QED) is 0.0533. The number of hydrogen-bond donors (Lipinski definition) is 1. The molecule has 10 heteroatoms. The van der Waals surface area contributed by atoms with Gasteiger partial charge >= 0.3 is 17.9 Å².